The maximum atomic E-state index is 12.1. The highest BCUT2D eigenvalue weighted by Crippen LogP contribution is 2.18. The molecule has 2 aromatic rings. The van der Waals surface area contributed by atoms with E-state index in [1.165, 1.54) is 18.5 Å². The summed E-state index contributed by atoms with van der Waals surface area (Å²) in [7, 11) is -3.60. The number of H-pyrrole nitrogens is 1. The average molecular weight is 266 g/mol. The van der Waals surface area contributed by atoms with Crippen LogP contribution >= 0.6 is 0 Å². The van der Waals surface area contributed by atoms with Gasteiger partial charge >= 0.3 is 0 Å². The second-order valence-corrected chi connectivity index (χ2v) is 5.64. The van der Waals surface area contributed by atoms with E-state index in [1.807, 2.05) is 0 Å². The SMILES string of the molecule is CC(N)c1cccc(S(=O)(=O)Nc2cn[nH]c2)c1. The third-order valence-electron chi connectivity index (χ3n) is 2.44. The molecule has 0 aliphatic carbocycles. The number of benzene rings is 1. The van der Waals surface area contributed by atoms with Crippen molar-refractivity contribution >= 4 is 15.7 Å². The zero-order chi connectivity index (χ0) is 13.2. The first kappa shape index (κ1) is 12.6. The number of aromatic amines is 1. The van der Waals surface area contributed by atoms with Gasteiger partial charge in [0.05, 0.1) is 16.8 Å². The van der Waals surface area contributed by atoms with E-state index in [2.05, 4.69) is 14.9 Å². The van der Waals surface area contributed by atoms with Crippen molar-refractivity contribution in [2.24, 2.45) is 5.73 Å². The fourth-order valence-electron chi connectivity index (χ4n) is 1.49. The fraction of sp³-hybridized carbons (Fsp3) is 0.182. The van der Waals surface area contributed by atoms with Crippen molar-refractivity contribution in [1.82, 2.24) is 10.2 Å². The number of rotatable bonds is 4. The average Bonchev–Trinajstić information content (AvgIpc) is 2.81. The Morgan fingerprint density at radius 2 is 2.22 bits per heavy atom. The lowest BCUT2D eigenvalue weighted by Crippen LogP contribution is -2.13. The van der Waals surface area contributed by atoms with Crippen LogP contribution in [0, 0.1) is 0 Å². The first-order valence-corrected chi connectivity index (χ1v) is 6.84. The van der Waals surface area contributed by atoms with Gasteiger partial charge in [-0.3, -0.25) is 9.82 Å². The molecule has 6 nitrogen and oxygen atoms in total. The third kappa shape index (κ3) is 2.69. The van der Waals surface area contributed by atoms with Crippen LogP contribution in [0.15, 0.2) is 41.6 Å². The van der Waals surface area contributed by atoms with Crippen LogP contribution in [0.2, 0.25) is 0 Å². The molecule has 0 fully saturated rings. The van der Waals surface area contributed by atoms with Crippen molar-refractivity contribution in [3.05, 3.63) is 42.2 Å². The molecule has 0 amide bonds. The van der Waals surface area contributed by atoms with Crippen molar-refractivity contribution in [2.75, 3.05) is 4.72 Å². The molecular weight excluding hydrogens is 252 g/mol. The van der Waals surface area contributed by atoms with Gasteiger partial charge in [-0.05, 0) is 24.6 Å². The van der Waals surface area contributed by atoms with E-state index >= 15 is 0 Å². The quantitative estimate of drug-likeness (QED) is 0.774. The van der Waals surface area contributed by atoms with Crippen molar-refractivity contribution < 1.29 is 8.42 Å². The fourth-order valence-corrected chi connectivity index (χ4v) is 2.57. The van der Waals surface area contributed by atoms with Gasteiger partial charge in [0, 0.05) is 12.2 Å². The van der Waals surface area contributed by atoms with E-state index in [9.17, 15) is 8.42 Å². The molecule has 1 atom stereocenters. The zero-order valence-corrected chi connectivity index (χ0v) is 10.6. The summed E-state index contributed by atoms with van der Waals surface area (Å²) >= 11 is 0. The van der Waals surface area contributed by atoms with Gasteiger partial charge in [0.15, 0.2) is 0 Å². The Labute approximate surface area is 105 Å². The Morgan fingerprint density at radius 3 is 2.83 bits per heavy atom. The molecule has 1 unspecified atom stereocenters. The van der Waals surface area contributed by atoms with Gasteiger partial charge in [0.1, 0.15) is 0 Å². The topological polar surface area (TPSA) is 101 Å². The summed E-state index contributed by atoms with van der Waals surface area (Å²) < 4.78 is 26.6. The molecule has 0 radical (unpaired) electrons. The lowest BCUT2D eigenvalue weighted by molar-refractivity contribution is 0.601. The van der Waals surface area contributed by atoms with Gasteiger partial charge in [-0.25, -0.2) is 8.42 Å². The molecule has 0 spiro atoms. The largest absolute Gasteiger partial charge is 0.324 e. The van der Waals surface area contributed by atoms with Crippen LogP contribution < -0.4 is 10.5 Å². The summed E-state index contributed by atoms with van der Waals surface area (Å²) in [6.45, 7) is 1.80. The maximum Gasteiger partial charge on any atom is 0.262 e. The maximum absolute atomic E-state index is 12.1. The molecule has 1 aromatic carbocycles. The molecule has 2 rings (SSSR count). The van der Waals surface area contributed by atoms with Crippen molar-refractivity contribution in [1.29, 1.82) is 0 Å². The second kappa shape index (κ2) is 4.79. The minimum Gasteiger partial charge on any atom is -0.324 e. The van der Waals surface area contributed by atoms with E-state index in [-0.39, 0.29) is 10.9 Å². The monoisotopic (exact) mass is 266 g/mol. The molecule has 96 valence electrons. The van der Waals surface area contributed by atoms with Crippen LogP contribution in [0.5, 0.6) is 0 Å². The lowest BCUT2D eigenvalue weighted by atomic mass is 10.1. The smallest absolute Gasteiger partial charge is 0.262 e. The molecule has 18 heavy (non-hydrogen) atoms. The molecule has 0 aliphatic rings. The van der Waals surface area contributed by atoms with Crippen molar-refractivity contribution in [2.45, 2.75) is 17.9 Å². The number of sulfonamides is 1. The predicted octanol–water partition coefficient (Wildman–Crippen LogP) is 1.23. The Morgan fingerprint density at radius 1 is 1.44 bits per heavy atom. The second-order valence-electron chi connectivity index (χ2n) is 3.95. The number of anilines is 1. The lowest BCUT2D eigenvalue weighted by Gasteiger charge is -2.09. The summed E-state index contributed by atoms with van der Waals surface area (Å²) in [4.78, 5) is 0.179. The van der Waals surface area contributed by atoms with Crippen LogP contribution in [0.1, 0.15) is 18.5 Å². The molecule has 0 saturated heterocycles. The number of nitrogens with zero attached hydrogens (tertiary/aromatic N) is 1. The van der Waals surface area contributed by atoms with Crippen LogP contribution in [0.3, 0.4) is 0 Å². The molecular formula is C11H14N4O2S. The number of aromatic nitrogens is 2. The van der Waals surface area contributed by atoms with E-state index in [0.717, 1.165) is 5.56 Å². The molecule has 1 heterocycles. The van der Waals surface area contributed by atoms with Crippen LogP contribution in [0.25, 0.3) is 0 Å². The van der Waals surface area contributed by atoms with Gasteiger partial charge in [-0.2, -0.15) is 5.10 Å². The summed E-state index contributed by atoms with van der Waals surface area (Å²) in [5.74, 6) is 0. The Bertz CT molecular complexity index is 620. The normalized spacial score (nSPS) is 13.2. The van der Waals surface area contributed by atoms with E-state index in [4.69, 9.17) is 5.73 Å². The van der Waals surface area contributed by atoms with Crippen LogP contribution in [-0.2, 0) is 10.0 Å². The Kier molecular flexibility index (Phi) is 3.35. The molecule has 0 saturated carbocycles. The number of nitrogens with two attached hydrogens (primary N) is 1. The predicted molar refractivity (Wildman–Crippen MR) is 68.4 cm³/mol. The zero-order valence-electron chi connectivity index (χ0n) is 9.79. The molecule has 0 aliphatic heterocycles. The van der Waals surface area contributed by atoms with Crippen LogP contribution in [0.4, 0.5) is 5.69 Å². The summed E-state index contributed by atoms with van der Waals surface area (Å²) in [6.07, 6.45) is 2.86. The van der Waals surface area contributed by atoms with Gasteiger partial charge in [0.25, 0.3) is 10.0 Å². The number of hydrogen-bond acceptors (Lipinski definition) is 4. The van der Waals surface area contributed by atoms with Gasteiger partial charge in [-0.1, -0.05) is 12.1 Å². The molecule has 4 N–H and O–H groups in total. The molecule has 1 aromatic heterocycles. The highest BCUT2D eigenvalue weighted by Gasteiger charge is 2.15. The minimum absolute atomic E-state index is 0.179. The van der Waals surface area contributed by atoms with Gasteiger partial charge in [0.2, 0.25) is 0 Å². The standard InChI is InChI=1S/C11H14N4O2S/c1-8(12)9-3-2-4-11(5-9)18(16,17)15-10-6-13-14-7-10/h2-8,15H,12H2,1H3,(H,13,14). The first-order valence-electron chi connectivity index (χ1n) is 5.36. The summed E-state index contributed by atoms with van der Waals surface area (Å²) in [5.41, 5.74) is 6.89. The number of nitrogens with one attached hydrogen (secondary N) is 2. The minimum atomic E-state index is -3.60. The van der Waals surface area contributed by atoms with Gasteiger partial charge < -0.3 is 5.73 Å². The van der Waals surface area contributed by atoms with E-state index < -0.39 is 10.0 Å². The first-order chi connectivity index (χ1) is 8.49. The Hall–Kier alpha value is -1.86. The van der Waals surface area contributed by atoms with Crippen molar-refractivity contribution in [3.63, 3.8) is 0 Å². The highest BCUT2D eigenvalue weighted by atomic mass is 32.2. The molecule has 0 bridgehead atoms. The summed E-state index contributed by atoms with van der Waals surface area (Å²) in [5, 5.41) is 6.21. The van der Waals surface area contributed by atoms with E-state index in [0.29, 0.717) is 5.69 Å². The van der Waals surface area contributed by atoms with E-state index in [1.54, 1.807) is 25.1 Å². The Balaban J connectivity index is 2.32. The van der Waals surface area contributed by atoms with Crippen molar-refractivity contribution in [3.8, 4) is 0 Å². The number of hydrogen-bond donors (Lipinski definition) is 3. The van der Waals surface area contributed by atoms with Crippen LogP contribution in [-0.4, -0.2) is 18.6 Å². The molecule has 7 heteroatoms. The highest BCUT2D eigenvalue weighted by molar-refractivity contribution is 7.92. The van der Waals surface area contributed by atoms with Gasteiger partial charge in [-0.15, -0.1) is 0 Å². The summed E-state index contributed by atoms with van der Waals surface area (Å²) in [6, 6.07) is 6.33. The third-order valence-corrected chi connectivity index (χ3v) is 3.82.